The Morgan fingerprint density at radius 2 is 1.81 bits per heavy atom. The van der Waals surface area contributed by atoms with Crippen molar-refractivity contribution >= 4 is 17.5 Å². The monoisotopic (exact) mass is 376 g/mol. The van der Waals surface area contributed by atoms with Crippen LogP contribution in [0.25, 0.3) is 0 Å². The van der Waals surface area contributed by atoms with E-state index in [4.69, 9.17) is 16.6 Å². The summed E-state index contributed by atoms with van der Waals surface area (Å²) in [5.41, 5.74) is 6.48. The van der Waals surface area contributed by atoms with E-state index in [1.165, 1.54) is 32.1 Å². The van der Waals surface area contributed by atoms with Crippen LogP contribution in [0.3, 0.4) is 0 Å². The van der Waals surface area contributed by atoms with Crippen molar-refractivity contribution in [2.75, 3.05) is 13.1 Å². The predicted molar refractivity (Wildman–Crippen MR) is 108 cm³/mol. The summed E-state index contributed by atoms with van der Waals surface area (Å²) in [6.07, 6.45) is 9.59. The van der Waals surface area contributed by atoms with Gasteiger partial charge in [0.15, 0.2) is 0 Å². The van der Waals surface area contributed by atoms with Crippen molar-refractivity contribution in [1.82, 2.24) is 15.5 Å². The number of hydrogen-bond donors (Lipinski definition) is 5. The predicted octanol–water partition coefficient (Wildman–Crippen LogP) is 1.82. The maximum absolute atomic E-state index is 12.7. The molecule has 7 heteroatoms. The van der Waals surface area contributed by atoms with E-state index in [9.17, 15) is 4.79 Å². The lowest BCUT2D eigenvalue weighted by molar-refractivity contribution is -0.123. The SMILES string of the molecule is CC(=N)CC(C(=N)N1CCC(NC2CCCCC2)C1)C(=O)NC(N)C1CC1. The number of carbonyl (C=O) groups excluding carboxylic acids is 1. The van der Waals surface area contributed by atoms with Gasteiger partial charge in [-0.15, -0.1) is 0 Å². The molecule has 0 aromatic heterocycles. The van der Waals surface area contributed by atoms with E-state index >= 15 is 0 Å². The summed E-state index contributed by atoms with van der Waals surface area (Å²) in [4.78, 5) is 14.8. The summed E-state index contributed by atoms with van der Waals surface area (Å²) in [7, 11) is 0. The minimum atomic E-state index is -0.610. The van der Waals surface area contributed by atoms with E-state index in [-0.39, 0.29) is 12.1 Å². The number of likely N-dealkylation sites (tertiary alicyclic amines) is 1. The van der Waals surface area contributed by atoms with E-state index in [1.54, 1.807) is 6.92 Å². The van der Waals surface area contributed by atoms with Gasteiger partial charge in [-0.25, -0.2) is 0 Å². The first-order valence-electron chi connectivity index (χ1n) is 10.6. The highest BCUT2D eigenvalue weighted by atomic mass is 16.2. The lowest BCUT2D eigenvalue weighted by Gasteiger charge is -2.29. The zero-order chi connectivity index (χ0) is 19.4. The van der Waals surface area contributed by atoms with Crippen molar-refractivity contribution in [3.05, 3.63) is 0 Å². The molecule has 2 aliphatic carbocycles. The molecule has 27 heavy (non-hydrogen) atoms. The molecule has 3 fully saturated rings. The van der Waals surface area contributed by atoms with Crippen LogP contribution < -0.4 is 16.4 Å². The van der Waals surface area contributed by atoms with Crippen molar-refractivity contribution < 1.29 is 4.79 Å². The molecule has 1 heterocycles. The second-order valence-corrected chi connectivity index (χ2v) is 8.73. The normalized spacial score (nSPS) is 25.9. The van der Waals surface area contributed by atoms with Crippen molar-refractivity contribution in [2.45, 2.75) is 83.0 Å². The lowest BCUT2D eigenvalue weighted by atomic mass is 9.95. The average molecular weight is 377 g/mol. The van der Waals surface area contributed by atoms with Gasteiger partial charge in [0.1, 0.15) is 11.8 Å². The molecular formula is C20H36N6O. The van der Waals surface area contributed by atoms with Crippen LogP contribution in [0, 0.1) is 22.7 Å². The Bertz CT molecular complexity index is 555. The Morgan fingerprint density at radius 1 is 1.11 bits per heavy atom. The molecule has 3 aliphatic rings. The maximum Gasteiger partial charge on any atom is 0.232 e. The molecule has 0 aromatic carbocycles. The van der Waals surface area contributed by atoms with E-state index in [1.807, 2.05) is 4.90 Å². The highest BCUT2D eigenvalue weighted by Gasteiger charge is 2.36. The minimum Gasteiger partial charge on any atom is -0.358 e. The quantitative estimate of drug-likeness (QED) is 0.252. The number of nitrogens with two attached hydrogens (primary N) is 1. The molecule has 1 aliphatic heterocycles. The zero-order valence-electron chi connectivity index (χ0n) is 16.6. The molecule has 2 saturated carbocycles. The number of amidine groups is 1. The third kappa shape index (κ3) is 5.75. The van der Waals surface area contributed by atoms with Crippen LogP contribution in [0.5, 0.6) is 0 Å². The number of nitrogens with zero attached hydrogens (tertiary/aromatic N) is 1. The standard InChI is InChI=1S/C20H36N6O/c1-13(21)11-17(20(27)25-18(22)14-7-8-14)19(23)26-10-9-16(12-26)24-15-5-3-2-4-6-15/h14-18,21,23-24H,2-12,22H2,1H3,(H,25,27). The molecule has 1 saturated heterocycles. The first kappa shape index (κ1) is 20.3. The van der Waals surface area contributed by atoms with Crippen molar-refractivity contribution in [1.29, 1.82) is 10.8 Å². The van der Waals surface area contributed by atoms with Gasteiger partial charge in [0.2, 0.25) is 5.91 Å². The molecule has 3 rings (SSSR count). The van der Waals surface area contributed by atoms with Crippen LogP contribution in [0.15, 0.2) is 0 Å². The Labute approximate surface area is 162 Å². The van der Waals surface area contributed by atoms with Gasteiger partial charge >= 0.3 is 0 Å². The summed E-state index contributed by atoms with van der Waals surface area (Å²) < 4.78 is 0. The van der Waals surface area contributed by atoms with Gasteiger partial charge in [0, 0.05) is 37.3 Å². The van der Waals surface area contributed by atoms with Crippen LogP contribution in [-0.2, 0) is 4.79 Å². The fourth-order valence-corrected chi connectivity index (χ4v) is 4.40. The Balaban J connectivity index is 1.54. The molecule has 0 radical (unpaired) electrons. The smallest absolute Gasteiger partial charge is 0.232 e. The number of hydrogen-bond acceptors (Lipinski definition) is 5. The van der Waals surface area contributed by atoms with Crippen LogP contribution >= 0.6 is 0 Å². The summed E-state index contributed by atoms with van der Waals surface area (Å²) in [6.45, 7) is 3.29. The molecule has 152 valence electrons. The Kier molecular flexibility index (Phi) is 6.87. The maximum atomic E-state index is 12.7. The molecule has 3 atom stereocenters. The van der Waals surface area contributed by atoms with Gasteiger partial charge in [0.05, 0.1) is 6.17 Å². The number of amides is 1. The van der Waals surface area contributed by atoms with Gasteiger partial charge < -0.3 is 26.7 Å². The van der Waals surface area contributed by atoms with E-state index in [2.05, 4.69) is 10.6 Å². The second kappa shape index (κ2) is 9.15. The summed E-state index contributed by atoms with van der Waals surface area (Å²) in [6, 6.07) is 1.00. The van der Waals surface area contributed by atoms with Gasteiger partial charge in [-0.2, -0.15) is 0 Å². The van der Waals surface area contributed by atoms with Gasteiger partial charge in [-0.3, -0.25) is 10.2 Å². The first-order valence-corrected chi connectivity index (χ1v) is 10.6. The van der Waals surface area contributed by atoms with E-state index in [0.29, 0.717) is 36.0 Å². The minimum absolute atomic E-state index is 0.199. The van der Waals surface area contributed by atoms with E-state index in [0.717, 1.165) is 32.4 Å². The summed E-state index contributed by atoms with van der Waals surface area (Å²) in [5.74, 6) is -0.0915. The molecule has 0 bridgehead atoms. The number of nitrogens with one attached hydrogen (secondary N) is 4. The lowest BCUT2D eigenvalue weighted by Crippen LogP contribution is -2.50. The van der Waals surface area contributed by atoms with Gasteiger partial charge in [-0.05, 0) is 44.9 Å². The number of carbonyl (C=O) groups is 1. The Hall–Kier alpha value is -1.47. The third-order valence-electron chi connectivity index (χ3n) is 6.20. The van der Waals surface area contributed by atoms with Gasteiger partial charge in [-0.1, -0.05) is 19.3 Å². The van der Waals surface area contributed by atoms with Crippen LogP contribution in [-0.4, -0.2) is 53.7 Å². The average Bonchev–Trinajstić information content (AvgIpc) is 3.39. The number of rotatable bonds is 8. The highest BCUT2D eigenvalue weighted by molar-refractivity contribution is 6.05. The largest absolute Gasteiger partial charge is 0.358 e. The highest BCUT2D eigenvalue weighted by Crippen LogP contribution is 2.30. The molecule has 0 aromatic rings. The van der Waals surface area contributed by atoms with Crippen molar-refractivity contribution in [3.63, 3.8) is 0 Å². The molecule has 7 nitrogen and oxygen atoms in total. The van der Waals surface area contributed by atoms with E-state index < -0.39 is 5.92 Å². The van der Waals surface area contributed by atoms with Crippen LogP contribution in [0.4, 0.5) is 0 Å². The van der Waals surface area contributed by atoms with Crippen molar-refractivity contribution in [2.24, 2.45) is 17.6 Å². The van der Waals surface area contributed by atoms with Crippen molar-refractivity contribution in [3.8, 4) is 0 Å². The Morgan fingerprint density at radius 3 is 2.44 bits per heavy atom. The molecule has 0 spiro atoms. The topological polar surface area (TPSA) is 118 Å². The molecule has 6 N–H and O–H groups in total. The second-order valence-electron chi connectivity index (χ2n) is 8.73. The van der Waals surface area contributed by atoms with Gasteiger partial charge in [0.25, 0.3) is 0 Å². The summed E-state index contributed by atoms with van der Waals surface area (Å²) >= 11 is 0. The fourth-order valence-electron chi connectivity index (χ4n) is 4.40. The molecular weight excluding hydrogens is 340 g/mol. The fraction of sp³-hybridized carbons (Fsp3) is 0.850. The zero-order valence-corrected chi connectivity index (χ0v) is 16.6. The van der Waals surface area contributed by atoms with Crippen LogP contribution in [0.1, 0.15) is 64.7 Å². The summed E-state index contributed by atoms with van der Waals surface area (Å²) in [5, 5.41) is 23.1. The molecule has 3 unspecified atom stereocenters. The third-order valence-corrected chi connectivity index (χ3v) is 6.20. The first-order chi connectivity index (χ1) is 12.9. The molecule has 1 amide bonds. The van der Waals surface area contributed by atoms with Crippen LogP contribution in [0.2, 0.25) is 0 Å².